The maximum absolute atomic E-state index is 5.64. The topological polar surface area (TPSA) is 21.3 Å². The average molecular weight is 187 g/mol. The second kappa shape index (κ2) is 8.52. The lowest BCUT2D eigenvalue weighted by atomic mass is 10.1. The van der Waals surface area contributed by atoms with E-state index >= 15 is 0 Å². The molecule has 2 nitrogen and oxygen atoms in total. The van der Waals surface area contributed by atoms with E-state index in [0.717, 1.165) is 32.0 Å². The summed E-state index contributed by atoms with van der Waals surface area (Å²) < 4.78 is 5.64. The van der Waals surface area contributed by atoms with Crippen LogP contribution >= 0.6 is 0 Å². The van der Waals surface area contributed by atoms with Gasteiger partial charge in [0.2, 0.25) is 0 Å². The van der Waals surface area contributed by atoms with Crippen molar-refractivity contribution in [2.24, 2.45) is 5.92 Å². The van der Waals surface area contributed by atoms with Gasteiger partial charge in [-0.2, -0.15) is 0 Å². The predicted octanol–water partition coefficient (Wildman–Crippen LogP) is 2.44. The Balaban J connectivity index is 3.12. The molecule has 0 bridgehead atoms. The third-order valence-corrected chi connectivity index (χ3v) is 1.91. The summed E-state index contributed by atoms with van der Waals surface area (Å²) in [6, 6.07) is 0. The molecule has 13 heavy (non-hydrogen) atoms. The van der Waals surface area contributed by atoms with Gasteiger partial charge in [0.15, 0.2) is 0 Å². The zero-order valence-corrected chi connectivity index (χ0v) is 9.60. The molecule has 80 valence electrons. The third-order valence-electron chi connectivity index (χ3n) is 1.91. The van der Waals surface area contributed by atoms with Crippen LogP contribution < -0.4 is 5.32 Å². The van der Waals surface area contributed by atoms with E-state index in [2.05, 4.69) is 33.0 Å². The maximum atomic E-state index is 5.64. The SMILES string of the molecule is CCCNCCOC(C)CC(C)C. The van der Waals surface area contributed by atoms with Crippen LogP contribution in [0.4, 0.5) is 0 Å². The average Bonchev–Trinajstić information content (AvgIpc) is 2.02. The van der Waals surface area contributed by atoms with Gasteiger partial charge in [0.1, 0.15) is 0 Å². The van der Waals surface area contributed by atoms with E-state index in [1.807, 2.05) is 0 Å². The number of hydrogen-bond donors (Lipinski definition) is 1. The summed E-state index contributed by atoms with van der Waals surface area (Å²) in [4.78, 5) is 0. The Morgan fingerprint density at radius 2 is 1.85 bits per heavy atom. The van der Waals surface area contributed by atoms with Crippen LogP contribution in [0.1, 0.15) is 40.5 Å². The Morgan fingerprint density at radius 3 is 2.38 bits per heavy atom. The summed E-state index contributed by atoms with van der Waals surface area (Å²) in [5.41, 5.74) is 0. The molecule has 1 N–H and O–H groups in total. The molecule has 0 aromatic carbocycles. The van der Waals surface area contributed by atoms with Crippen molar-refractivity contribution >= 4 is 0 Å². The zero-order chi connectivity index (χ0) is 10.1. The lowest BCUT2D eigenvalue weighted by Gasteiger charge is -2.15. The highest BCUT2D eigenvalue weighted by Gasteiger charge is 2.03. The van der Waals surface area contributed by atoms with Crippen molar-refractivity contribution in [3.8, 4) is 0 Å². The number of nitrogens with one attached hydrogen (secondary N) is 1. The van der Waals surface area contributed by atoms with E-state index < -0.39 is 0 Å². The highest BCUT2D eigenvalue weighted by molar-refractivity contribution is 4.54. The van der Waals surface area contributed by atoms with Gasteiger partial charge in [-0.15, -0.1) is 0 Å². The highest BCUT2D eigenvalue weighted by Crippen LogP contribution is 2.06. The van der Waals surface area contributed by atoms with Gasteiger partial charge < -0.3 is 10.1 Å². The van der Waals surface area contributed by atoms with Crippen molar-refractivity contribution < 1.29 is 4.74 Å². The molecule has 0 saturated heterocycles. The molecule has 0 aliphatic carbocycles. The Hall–Kier alpha value is -0.0800. The molecule has 0 aromatic heterocycles. The van der Waals surface area contributed by atoms with Crippen molar-refractivity contribution in [3.63, 3.8) is 0 Å². The summed E-state index contributed by atoms with van der Waals surface area (Å²) >= 11 is 0. The quantitative estimate of drug-likeness (QED) is 0.589. The summed E-state index contributed by atoms with van der Waals surface area (Å²) in [7, 11) is 0. The molecule has 0 fully saturated rings. The molecule has 0 spiro atoms. The van der Waals surface area contributed by atoms with Crippen molar-refractivity contribution in [1.29, 1.82) is 0 Å². The first-order valence-corrected chi connectivity index (χ1v) is 5.49. The minimum atomic E-state index is 0.406. The lowest BCUT2D eigenvalue weighted by Crippen LogP contribution is -2.23. The fourth-order valence-corrected chi connectivity index (χ4v) is 1.37. The van der Waals surface area contributed by atoms with Gasteiger partial charge in [-0.1, -0.05) is 20.8 Å². The molecule has 1 atom stereocenters. The van der Waals surface area contributed by atoms with Crippen molar-refractivity contribution in [2.45, 2.75) is 46.6 Å². The van der Waals surface area contributed by atoms with Gasteiger partial charge in [0.05, 0.1) is 12.7 Å². The predicted molar refractivity (Wildman–Crippen MR) is 58.0 cm³/mol. The smallest absolute Gasteiger partial charge is 0.0594 e. The fourth-order valence-electron chi connectivity index (χ4n) is 1.37. The first-order valence-electron chi connectivity index (χ1n) is 5.49. The van der Waals surface area contributed by atoms with Crippen molar-refractivity contribution in [1.82, 2.24) is 5.32 Å². The highest BCUT2D eigenvalue weighted by atomic mass is 16.5. The van der Waals surface area contributed by atoms with Crippen LogP contribution in [0.2, 0.25) is 0 Å². The molecule has 0 radical (unpaired) electrons. The van der Waals surface area contributed by atoms with Gasteiger partial charge in [0, 0.05) is 6.54 Å². The second-order valence-electron chi connectivity index (χ2n) is 4.06. The first-order chi connectivity index (χ1) is 6.16. The Labute approximate surface area is 83.1 Å². The number of rotatable bonds is 8. The van der Waals surface area contributed by atoms with E-state index in [1.165, 1.54) is 6.42 Å². The molecule has 0 amide bonds. The van der Waals surface area contributed by atoms with Crippen molar-refractivity contribution in [2.75, 3.05) is 19.7 Å². The van der Waals surface area contributed by atoms with Crippen LogP contribution in [0.15, 0.2) is 0 Å². The molecule has 0 saturated carbocycles. The monoisotopic (exact) mass is 187 g/mol. The molecule has 0 aromatic rings. The van der Waals surface area contributed by atoms with Crippen LogP contribution in [0, 0.1) is 5.92 Å². The summed E-state index contributed by atoms with van der Waals surface area (Å²) in [6.45, 7) is 11.7. The van der Waals surface area contributed by atoms with Crippen LogP contribution in [0.5, 0.6) is 0 Å². The summed E-state index contributed by atoms with van der Waals surface area (Å²) in [6.07, 6.45) is 2.76. The van der Waals surface area contributed by atoms with Crippen molar-refractivity contribution in [3.05, 3.63) is 0 Å². The normalized spacial score (nSPS) is 13.6. The van der Waals surface area contributed by atoms with E-state index in [4.69, 9.17) is 4.74 Å². The van der Waals surface area contributed by atoms with Crippen LogP contribution in [0.25, 0.3) is 0 Å². The van der Waals surface area contributed by atoms with Crippen LogP contribution in [0.3, 0.4) is 0 Å². The minimum Gasteiger partial charge on any atom is -0.377 e. The fraction of sp³-hybridized carbons (Fsp3) is 1.00. The Morgan fingerprint density at radius 1 is 1.15 bits per heavy atom. The molecular weight excluding hydrogens is 162 g/mol. The molecule has 0 heterocycles. The van der Waals surface area contributed by atoms with Crippen LogP contribution in [-0.2, 0) is 4.74 Å². The third kappa shape index (κ3) is 9.84. The van der Waals surface area contributed by atoms with E-state index in [9.17, 15) is 0 Å². The molecule has 0 aliphatic rings. The minimum absolute atomic E-state index is 0.406. The first kappa shape index (κ1) is 12.9. The van der Waals surface area contributed by atoms with Gasteiger partial charge in [0.25, 0.3) is 0 Å². The molecular formula is C11H25NO. The molecule has 2 heteroatoms. The number of hydrogen-bond acceptors (Lipinski definition) is 2. The number of ether oxygens (including phenoxy) is 1. The van der Waals surface area contributed by atoms with Gasteiger partial charge in [-0.3, -0.25) is 0 Å². The second-order valence-corrected chi connectivity index (χ2v) is 4.06. The standard InChI is InChI=1S/C11H25NO/c1-5-6-12-7-8-13-11(4)9-10(2)3/h10-12H,5-9H2,1-4H3. The Kier molecular flexibility index (Phi) is 8.46. The molecule has 1 unspecified atom stereocenters. The van der Waals surface area contributed by atoms with E-state index in [0.29, 0.717) is 6.10 Å². The van der Waals surface area contributed by atoms with Gasteiger partial charge in [-0.25, -0.2) is 0 Å². The molecule has 0 rings (SSSR count). The lowest BCUT2D eigenvalue weighted by molar-refractivity contribution is 0.0540. The Bertz CT molecular complexity index is 104. The maximum Gasteiger partial charge on any atom is 0.0594 e. The van der Waals surface area contributed by atoms with Gasteiger partial charge in [-0.05, 0) is 32.2 Å². The largest absolute Gasteiger partial charge is 0.377 e. The summed E-state index contributed by atoms with van der Waals surface area (Å²) in [5.74, 6) is 0.735. The molecule has 0 aliphatic heterocycles. The van der Waals surface area contributed by atoms with E-state index in [1.54, 1.807) is 0 Å². The van der Waals surface area contributed by atoms with Crippen LogP contribution in [-0.4, -0.2) is 25.8 Å². The van der Waals surface area contributed by atoms with E-state index in [-0.39, 0.29) is 0 Å². The van der Waals surface area contributed by atoms with Gasteiger partial charge >= 0.3 is 0 Å². The summed E-state index contributed by atoms with van der Waals surface area (Å²) in [5, 5.41) is 3.32. The zero-order valence-electron chi connectivity index (χ0n) is 9.60.